The van der Waals surface area contributed by atoms with Crippen molar-refractivity contribution in [1.82, 2.24) is 4.98 Å². The normalized spacial score (nSPS) is 11.8. The fraction of sp³-hybridized carbons (Fsp3) is 0.250. The highest BCUT2D eigenvalue weighted by atomic mass is 35.5. The minimum Gasteiger partial charge on any atom is -0.396 e. The Kier molecular flexibility index (Phi) is 5.96. The highest BCUT2D eigenvalue weighted by Gasteiger charge is 2.34. The molecule has 148 valence electrons. The topological polar surface area (TPSA) is 65.1 Å². The number of anilines is 1. The molecule has 2 aromatic carbocycles. The van der Waals surface area contributed by atoms with Crippen LogP contribution in [0.15, 0.2) is 47.4 Å². The summed E-state index contributed by atoms with van der Waals surface area (Å²) >= 11 is 5.84. The molecule has 1 aromatic heterocycles. The van der Waals surface area contributed by atoms with Crippen LogP contribution in [0.2, 0.25) is 5.02 Å². The van der Waals surface area contributed by atoms with Crippen molar-refractivity contribution in [1.29, 1.82) is 0 Å². The second-order valence-electron chi connectivity index (χ2n) is 6.40. The molecule has 8 heteroatoms. The molecule has 0 saturated heterocycles. The molecule has 3 N–H and O–H groups in total. The number of alkyl halides is 3. The summed E-state index contributed by atoms with van der Waals surface area (Å²) in [6.07, 6.45) is -2.79. The van der Waals surface area contributed by atoms with Crippen LogP contribution in [-0.2, 0) is 19.1 Å². The van der Waals surface area contributed by atoms with Gasteiger partial charge in [0, 0.05) is 29.8 Å². The van der Waals surface area contributed by atoms with Crippen LogP contribution < -0.4 is 10.7 Å². The smallest absolute Gasteiger partial charge is 0.396 e. The molecule has 0 fully saturated rings. The minimum atomic E-state index is -4.60. The van der Waals surface area contributed by atoms with Gasteiger partial charge in [-0.05, 0) is 48.2 Å². The summed E-state index contributed by atoms with van der Waals surface area (Å²) in [5, 5.41) is 12.5. The lowest BCUT2D eigenvalue weighted by Crippen LogP contribution is -2.15. The van der Waals surface area contributed by atoms with Crippen molar-refractivity contribution >= 4 is 28.2 Å². The Morgan fingerprint density at radius 3 is 2.46 bits per heavy atom. The summed E-state index contributed by atoms with van der Waals surface area (Å²) in [6.45, 7) is 0.181. The number of aryl methyl sites for hydroxylation is 1. The van der Waals surface area contributed by atoms with Crippen molar-refractivity contribution in [3.05, 3.63) is 74.5 Å². The lowest BCUT2D eigenvalue weighted by atomic mass is 10.0. The predicted molar refractivity (Wildman–Crippen MR) is 104 cm³/mol. The van der Waals surface area contributed by atoms with E-state index in [4.69, 9.17) is 16.7 Å². The van der Waals surface area contributed by atoms with Gasteiger partial charge in [0.2, 0.25) is 5.43 Å². The van der Waals surface area contributed by atoms with E-state index in [-0.39, 0.29) is 29.6 Å². The Morgan fingerprint density at radius 1 is 1.11 bits per heavy atom. The van der Waals surface area contributed by atoms with Gasteiger partial charge in [0.15, 0.2) is 0 Å². The van der Waals surface area contributed by atoms with Crippen LogP contribution in [0.4, 0.5) is 18.9 Å². The molecule has 3 aromatic rings. The number of aliphatic hydroxyl groups is 1. The molecule has 0 atom stereocenters. The average Bonchev–Trinajstić information content (AvgIpc) is 2.66. The monoisotopic (exact) mass is 410 g/mol. The maximum absolute atomic E-state index is 13.5. The Labute approximate surface area is 164 Å². The van der Waals surface area contributed by atoms with Gasteiger partial charge in [-0.3, -0.25) is 4.79 Å². The number of aliphatic hydroxyl groups excluding tert-OH is 1. The first-order chi connectivity index (χ1) is 13.3. The summed E-state index contributed by atoms with van der Waals surface area (Å²) in [5.41, 5.74) is -0.249. The maximum Gasteiger partial charge on any atom is 0.418 e. The van der Waals surface area contributed by atoms with Gasteiger partial charge in [-0.2, -0.15) is 13.2 Å². The van der Waals surface area contributed by atoms with Crippen LogP contribution in [0.25, 0.3) is 10.9 Å². The van der Waals surface area contributed by atoms with E-state index in [0.29, 0.717) is 23.6 Å². The van der Waals surface area contributed by atoms with Crippen LogP contribution >= 0.6 is 11.6 Å². The van der Waals surface area contributed by atoms with Crippen molar-refractivity contribution in [2.45, 2.75) is 25.6 Å². The zero-order chi connectivity index (χ0) is 20.3. The molecule has 0 aliphatic carbocycles. The van der Waals surface area contributed by atoms with Crippen LogP contribution in [-0.4, -0.2) is 16.7 Å². The predicted octanol–water partition coefficient (Wildman–Crippen LogP) is 4.74. The van der Waals surface area contributed by atoms with Crippen LogP contribution in [0.5, 0.6) is 0 Å². The molecule has 0 saturated carbocycles. The quantitative estimate of drug-likeness (QED) is 0.550. The number of H-pyrrole nitrogens is 1. The summed E-state index contributed by atoms with van der Waals surface area (Å²) in [5.74, 6) is 0. The van der Waals surface area contributed by atoms with Crippen molar-refractivity contribution in [2.24, 2.45) is 0 Å². The zero-order valence-electron chi connectivity index (χ0n) is 14.7. The number of pyridine rings is 1. The Morgan fingerprint density at radius 2 is 1.82 bits per heavy atom. The van der Waals surface area contributed by atoms with Crippen molar-refractivity contribution in [3.63, 3.8) is 0 Å². The lowest BCUT2D eigenvalue weighted by Gasteiger charge is -2.14. The highest BCUT2D eigenvalue weighted by molar-refractivity contribution is 6.30. The molecule has 0 spiro atoms. The van der Waals surface area contributed by atoms with Gasteiger partial charge < -0.3 is 15.4 Å². The first-order valence-corrected chi connectivity index (χ1v) is 9.02. The number of aromatic nitrogens is 1. The van der Waals surface area contributed by atoms with Gasteiger partial charge in [-0.15, -0.1) is 0 Å². The van der Waals surface area contributed by atoms with Crippen molar-refractivity contribution in [2.75, 3.05) is 11.9 Å². The number of hydrogen-bond acceptors (Lipinski definition) is 3. The van der Waals surface area contributed by atoms with E-state index >= 15 is 0 Å². The van der Waals surface area contributed by atoms with E-state index < -0.39 is 17.2 Å². The number of fused-ring (bicyclic) bond motifs is 1. The molecule has 0 bridgehead atoms. The van der Waals surface area contributed by atoms with E-state index in [2.05, 4.69) is 10.3 Å². The molecule has 4 nitrogen and oxygen atoms in total. The van der Waals surface area contributed by atoms with E-state index in [1.165, 1.54) is 12.3 Å². The number of halogens is 4. The number of aromatic amines is 1. The molecule has 0 aliphatic heterocycles. The summed E-state index contributed by atoms with van der Waals surface area (Å²) in [4.78, 5) is 15.4. The molecular weight excluding hydrogens is 393 g/mol. The lowest BCUT2D eigenvalue weighted by molar-refractivity contribution is -0.136. The molecule has 0 amide bonds. The van der Waals surface area contributed by atoms with E-state index in [1.54, 1.807) is 24.3 Å². The fourth-order valence-corrected chi connectivity index (χ4v) is 3.10. The third kappa shape index (κ3) is 4.48. The minimum absolute atomic E-state index is 0.0381. The first kappa shape index (κ1) is 20.2. The van der Waals surface area contributed by atoms with E-state index in [9.17, 15) is 18.0 Å². The third-order valence-electron chi connectivity index (χ3n) is 4.37. The second kappa shape index (κ2) is 8.24. The Bertz CT molecular complexity index is 1030. The largest absolute Gasteiger partial charge is 0.418 e. The standard InChI is InChI=1S/C20H18ClF3N2O2/c21-14-5-3-12(4-6-14)10-25-17-11-26-18-15(19(17)28)8-13(2-1-7-27)9-16(18)20(22,23)24/h3-6,8-9,11,25,27H,1-2,7,10H2,(H,26,28). The van der Waals surface area contributed by atoms with E-state index in [1.807, 2.05) is 0 Å². The van der Waals surface area contributed by atoms with Gasteiger partial charge >= 0.3 is 6.18 Å². The van der Waals surface area contributed by atoms with Gasteiger partial charge in [-0.25, -0.2) is 0 Å². The molecule has 0 radical (unpaired) electrons. The average molecular weight is 411 g/mol. The molecule has 1 heterocycles. The highest BCUT2D eigenvalue weighted by Crippen LogP contribution is 2.34. The van der Waals surface area contributed by atoms with Gasteiger partial charge in [0.1, 0.15) is 0 Å². The van der Waals surface area contributed by atoms with Crippen LogP contribution in [0.1, 0.15) is 23.1 Å². The Hall–Kier alpha value is -2.51. The molecular formula is C20H18ClF3N2O2. The van der Waals surface area contributed by atoms with E-state index in [0.717, 1.165) is 11.6 Å². The maximum atomic E-state index is 13.5. The number of nitrogens with one attached hydrogen (secondary N) is 2. The number of benzene rings is 2. The van der Waals surface area contributed by atoms with Crippen LogP contribution in [0.3, 0.4) is 0 Å². The number of hydrogen-bond donors (Lipinski definition) is 3. The van der Waals surface area contributed by atoms with Crippen molar-refractivity contribution < 1.29 is 18.3 Å². The molecule has 0 aliphatic rings. The third-order valence-corrected chi connectivity index (χ3v) is 4.63. The summed E-state index contributed by atoms with van der Waals surface area (Å²) < 4.78 is 40.4. The zero-order valence-corrected chi connectivity index (χ0v) is 15.5. The van der Waals surface area contributed by atoms with Gasteiger partial charge in [0.05, 0.1) is 16.8 Å². The fourth-order valence-electron chi connectivity index (χ4n) is 2.97. The van der Waals surface area contributed by atoms with Crippen LogP contribution in [0, 0.1) is 0 Å². The van der Waals surface area contributed by atoms with Crippen molar-refractivity contribution in [3.8, 4) is 0 Å². The molecule has 0 unspecified atom stereocenters. The number of rotatable bonds is 6. The SMILES string of the molecule is O=c1c(NCc2ccc(Cl)cc2)c[nH]c2c(C(F)(F)F)cc(CCCO)cc12. The van der Waals surface area contributed by atoms with Gasteiger partial charge in [0.25, 0.3) is 0 Å². The Balaban J connectivity index is 2.00. The summed E-state index contributed by atoms with van der Waals surface area (Å²) in [6, 6.07) is 9.48. The van der Waals surface area contributed by atoms with Gasteiger partial charge in [-0.1, -0.05) is 23.7 Å². The summed E-state index contributed by atoms with van der Waals surface area (Å²) in [7, 11) is 0. The first-order valence-electron chi connectivity index (χ1n) is 8.64. The molecule has 3 rings (SSSR count). The molecule has 28 heavy (non-hydrogen) atoms. The second-order valence-corrected chi connectivity index (χ2v) is 6.84.